The third-order valence-electron chi connectivity index (χ3n) is 2.75. The van der Waals surface area contributed by atoms with Crippen LogP contribution in [0.3, 0.4) is 0 Å². The number of benzene rings is 1. The van der Waals surface area contributed by atoms with Gasteiger partial charge in [0.15, 0.2) is 0 Å². The summed E-state index contributed by atoms with van der Waals surface area (Å²) in [5.74, 6) is 2.64. The highest BCUT2D eigenvalue weighted by atomic mass is 32.2. The van der Waals surface area contributed by atoms with Crippen molar-refractivity contribution in [2.45, 2.75) is 30.7 Å². The van der Waals surface area contributed by atoms with Crippen LogP contribution in [0.1, 0.15) is 19.8 Å². The number of para-hydroxylation sites is 1. The summed E-state index contributed by atoms with van der Waals surface area (Å²) in [4.78, 5) is 0.247. The first-order chi connectivity index (χ1) is 8.93. The van der Waals surface area contributed by atoms with E-state index in [0.29, 0.717) is 5.69 Å². The van der Waals surface area contributed by atoms with E-state index in [-0.39, 0.29) is 10.9 Å². The molecular weight excluding hydrogens is 260 g/mol. The van der Waals surface area contributed by atoms with Gasteiger partial charge >= 0.3 is 0 Å². The van der Waals surface area contributed by atoms with Crippen molar-refractivity contribution in [2.75, 3.05) is 19.4 Å². The van der Waals surface area contributed by atoms with Crippen LogP contribution < -0.4 is 5.32 Å². The van der Waals surface area contributed by atoms with Crippen molar-refractivity contribution < 1.29 is 8.42 Å². The van der Waals surface area contributed by atoms with Crippen molar-refractivity contribution in [1.82, 2.24) is 4.31 Å². The van der Waals surface area contributed by atoms with Gasteiger partial charge in [-0.15, -0.1) is 6.42 Å². The normalized spacial score (nSPS) is 13.0. The fraction of sp³-hybridized carbons (Fsp3) is 0.429. The van der Waals surface area contributed by atoms with Crippen molar-refractivity contribution in [2.24, 2.45) is 0 Å². The number of sulfonamides is 1. The lowest BCUT2D eigenvalue weighted by atomic mass is 10.1. The highest BCUT2D eigenvalue weighted by molar-refractivity contribution is 7.89. The van der Waals surface area contributed by atoms with Crippen molar-refractivity contribution in [3.63, 3.8) is 0 Å². The van der Waals surface area contributed by atoms with E-state index in [9.17, 15) is 8.42 Å². The Labute approximate surface area is 115 Å². The molecule has 1 unspecified atom stereocenters. The zero-order valence-electron chi connectivity index (χ0n) is 11.6. The molecule has 5 heteroatoms. The summed E-state index contributed by atoms with van der Waals surface area (Å²) in [6.07, 6.45) is 7.19. The van der Waals surface area contributed by atoms with Crippen LogP contribution in [0.4, 0.5) is 5.69 Å². The second-order valence-corrected chi connectivity index (χ2v) is 6.56. The third kappa shape index (κ3) is 3.72. The SMILES string of the molecule is C#CC(CCC)Nc1ccccc1S(=O)(=O)N(C)C. The standard InChI is InChI=1S/C14H20N2O2S/c1-5-9-12(6-2)15-13-10-7-8-11-14(13)19(17,18)16(3)4/h2,7-8,10-12,15H,5,9H2,1,3-4H3. The summed E-state index contributed by atoms with van der Waals surface area (Å²) >= 11 is 0. The minimum Gasteiger partial charge on any atom is -0.370 e. The molecule has 0 aliphatic rings. The van der Waals surface area contributed by atoms with Gasteiger partial charge in [0.2, 0.25) is 10.0 Å². The molecule has 4 nitrogen and oxygen atoms in total. The Balaban J connectivity index is 3.14. The van der Waals surface area contributed by atoms with Gasteiger partial charge in [-0.3, -0.25) is 0 Å². The van der Waals surface area contributed by atoms with Crippen LogP contribution in [-0.4, -0.2) is 32.9 Å². The average Bonchev–Trinajstić information content (AvgIpc) is 2.38. The summed E-state index contributed by atoms with van der Waals surface area (Å²) in [5, 5.41) is 3.12. The zero-order chi connectivity index (χ0) is 14.5. The predicted molar refractivity (Wildman–Crippen MR) is 78.5 cm³/mol. The van der Waals surface area contributed by atoms with Crippen molar-refractivity contribution in [1.29, 1.82) is 0 Å². The molecule has 1 aromatic carbocycles. The summed E-state index contributed by atoms with van der Waals surface area (Å²) in [6, 6.07) is 6.64. The lowest BCUT2D eigenvalue weighted by Crippen LogP contribution is -2.25. The fourth-order valence-electron chi connectivity index (χ4n) is 1.68. The Morgan fingerprint density at radius 3 is 2.53 bits per heavy atom. The molecule has 1 aromatic rings. The number of nitrogens with one attached hydrogen (secondary N) is 1. The van der Waals surface area contributed by atoms with Gasteiger partial charge in [-0.1, -0.05) is 31.4 Å². The maximum atomic E-state index is 12.2. The second-order valence-electron chi connectivity index (χ2n) is 4.44. The Kier molecular flexibility index (Phi) is 5.40. The van der Waals surface area contributed by atoms with Gasteiger partial charge in [0.25, 0.3) is 0 Å². The van der Waals surface area contributed by atoms with Gasteiger partial charge in [-0.05, 0) is 18.6 Å². The van der Waals surface area contributed by atoms with Gasteiger partial charge in [-0.25, -0.2) is 12.7 Å². The molecule has 19 heavy (non-hydrogen) atoms. The van der Waals surface area contributed by atoms with E-state index < -0.39 is 10.0 Å². The molecule has 0 aromatic heterocycles. The lowest BCUT2D eigenvalue weighted by Gasteiger charge is -2.19. The lowest BCUT2D eigenvalue weighted by molar-refractivity contribution is 0.521. The number of nitrogens with zero attached hydrogens (tertiary/aromatic N) is 1. The zero-order valence-corrected chi connectivity index (χ0v) is 12.4. The molecule has 104 valence electrons. The highest BCUT2D eigenvalue weighted by Crippen LogP contribution is 2.24. The molecule has 0 saturated heterocycles. The molecule has 1 N–H and O–H groups in total. The maximum Gasteiger partial charge on any atom is 0.244 e. The van der Waals surface area contributed by atoms with Crippen molar-refractivity contribution in [3.8, 4) is 12.3 Å². The van der Waals surface area contributed by atoms with Crippen LogP contribution in [0.25, 0.3) is 0 Å². The minimum absolute atomic E-state index is 0.163. The van der Waals surface area contributed by atoms with Crippen LogP contribution in [0.15, 0.2) is 29.2 Å². The second kappa shape index (κ2) is 6.60. The molecule has 0 bridgehead atoms. The molecule has 0 aliphatic carbocycles. The summed E-state index contributed by atoms with van der Waals surface area (Å²) in [7, 11) is -0.453. The van der Waals surface area contributed by atoms with E-state index in [4.69, 9.17) is 6.42 Å². The molecule has 0 spiro atoms. The largest absolute Gasteiger partial charge is 0.370 e. The number of hydrogen-bond acceptors (Lipinski definition) is 3. The number of anilines is 1. The summed E-state index contributed by atoms with van der Waals surface area (Å²) < 4.78 is 25.6. The number of hydrogen-bond donors (Lipinski definition) is 1. The van der Waals surface area contributed by atoms with Crippen LogP contribution in [0.5, 0.6) is 0 Å². The highest BCUT2D eigenvalue weighted by Gasteiger charge is 2.21. The first-order valence-corrected chi connectivity index (χ1v) is 7.61. The van der Waals surface area contributed by atoms with E-state index in [1.165, 1.54) is 18.4 Å². The first kappa shape index (κ1) is 15.5. The summed E-state index contributed by atoms with van der Waals surface area (Å²) in [6.45, 7) is 2.04. The van der Waals surface area contributed by atoms with Gasteiger partial charge in [-0.2, -0.15) is 0 Å². The van der Waals surface area contributed by atoms with E-state index >= 15 is 0 Å². The van der Waals surface area contributed by atoms with Gasteiger partial charge in [0.05, 0.1) is 11.7 Å². The predicted octanol–water partition coefficient (Wildman–Crippen LogP) is 2.15. The molecule has 0 aliphatic heterocycles. The molecular formula is C14H20N2O2S. The smallest absolute Gasteiger partial charge is 0.244 e. The molecule has 0 radical (unpaired) electrons. The van der Waals surface area contributed by atoms with Crippen molar-refractivity contribution >= 4 is 15.7 Å². The van der Waals surface area contributed by atoms with Crippen LogP contribution in [0.2, 0.25) is 0 Å². The topological polar surface area (TPSA) is 49.4 Å². The monoisotopic (exact) mass is 280 g/mol. The van der Waals surface area contributed by atoms with Crippen LogP contribution in [0, 0.1) is 12.3 Å². The Morgan fingerprint density at radius 1 is 1.37 bits per heavy atom. The van der Waals surface area contributed by atoms with E-state index in [2.05, 4.69) is 11.2 Å². The fourth-order valence-corrected chi connectivity index (χ4v) is 2.73. The number of terminal acetylenes is 1. The average molecular weight is 280 g/mol. The summed E-state index contributed by atoms with van der Waals surface area (Å²) in [5.41, 5.74) is 0.549. The van der Waals surface area contributed by atoms with E-state index in [1.807, 2.05) is 6.92 Å². The van der Waals surface area contributed by atoms with Crippen molar-refractivity contribution in [3.05, 3.63) is 24.3 Å². The molecule has 1 atom stereocenters. The van der Waals surface area contributed by atoms with Gasteiger partial charge in [0.1, 0.15) is 4.90 Å². The molecule has 0 amide bonds. The Morgan fingerprint density at radius 2 is 2.00 bits per heavy atom. The van der Waals surface area contributed by atoms with E-state index in [1.54, 1.807) is 24.3 Å². The Hall–Kier alpha value is -1.51. The minimum atomic E-state index is -3.47. The molecule has 1 rings (SSSR count). The first-order valence-electron chi connectivity index (χ1n) is 6.17. The van der Waals surface area contributed by atoms with Crippen LogP contribution in [-0.2, 0) is 10.0 Å². The van der Waals surface area contributed by atoms with Gasteiger partial charge < -0.3 is 5.32 Å². The van der Waals surface area contributed by atoms with Gasteiger partial charge in [0, 0.05) is 14.1 Å². The Bertz CT molecular complexity index is 559. The maximum absolute atomic E-state index is 12.2. The molecule has 0 heterocycles. The van der Waals surface area contributed by atoms with Crippen LogP contribution >= 0.6 is 0 Å². The third-order valence-corrected chi connectivity index (χ3v) is 4.63. The van der Waals surface area contributed by atoms with E-state index in [0.717, 1.165) is 12.8 Å². The number of rotatable bonds is 6. The quantitative estimate of drug-likeness (QED) is 0.812. The molecule has 0 saturated carbocycles. The molecule has 0 fully saturated rings.